The van der Waals surface area contributed by atoms with Crippen molar-refractivity contribution in [3.8, 4) is 0 Å². The van der Waals surface area contributed by atoms with Crippen molar-refractivity contribution in [3.05, 3.63) is 35.6 Å². The van der Waals surface area contributed by atoms with E-state index in [1.54, 1.807) is 24.1 Å². The van der Waals surface area contributed by atoms with Gasteiger partial charge < -0.3 is 15.0 Å². The number of rotatable bonds is 3. The van der Waals surface area contributed by atoms with Crippen LogP contribution in [0.3, 0.4) is 0 Å². The Hall–Kier alpha value is -1.62. The second kappa shape index (κ2) is 6.52. The number of amides is 2. The van der Waals surface area contributed by atoms with Crippen LogP contribution in [0.1, 0.15) is 18.4 Å². The second-order valence-electron chi connectivity index (χ2n) is 4.71. The van der Waals surface area contributed by atoms with Crippen LogP contribution in [0.4, 0.5) is 9.18 Å². The monoisotopic (exact) mass is 266 g/mol. The highest BCUT2D eigenvalue weighted by Gasteiger charge is 2.21. The Kier molecular flexibility index (Phi) is 4.74. The maximum atomic E-state index is 12.7. The number of urea groups is 1. The molecule has 1 aliphatic rings. The van der Waals surface area contributed by atoms with Gasteiger partial charge in [0.05, 0.1) is 6.10 Å². The minimum Gasteiger partial charge on any atom is -0.381 e. The summed E-state index contributed by atoms with van der Waals surface area (Å²) in [7, 11) is 1.70. The number of likely N-dealkylation sites (tertiary alicyclic amines) is 1. The molecule has 0 saturated carbocycles. The molecule has 1 heterocycles. The third-order valence-electron chi connectivity index (χ3n) is 3.42. The number of nitrogens with one attached hydrogen (secondary N) is 1. The first kappa shape index (κ1) is 13.8. The number of hydrogen-bond donors (Lipinski definition) is 1. The highest BCUT2D eigenvalue weighted by Crippen LogP contribution is 2.12. The van der Waals surface area contributed by atoms with Gasteiger partial charge in [-0.15, -0.1) is 0 Å². The van der Waals surface area contributed by atoms with E-state index in [0.717, 1.165) is 18.4 Å². The van der Waals surface area contributed by atoms with Crippen molar-refractivity contribution in [1.29, 1.82) is 0 Å². The lowest BCUT2D eigenvalue weighted by atomic mass is 10.1. The van der Waals surface area contributed by atoms with Crippen molar-refractivity contribution >= 4 is 6.03 Å². The number of nitrogens with zero attached hydrogens (tertiary/aromatic N) is 1. The number of piperidine rings is 1. The van der Waals surface area contributed by atoms with Gasteiger partial charge in [-0.1, -0.05) is 12.1 Å². The minimum atomic E-state index is -0.267. The number of halogens is 1. The van der Waals surface area contributed by atoms with Crippen LogP contribution in [0.5, 0.6) is 0 Å². The summed E-state index contributed by atoms with van der Waals surface area (Å²) in [6.45, 7) is 1.85. The van der Waals surface area contributed by atoms with Crippen LogP contribution in [0, 0.1) is 5.82 Å². The SMILES string of the molecule is COC1CCN(C(=O)NCc2ccc(F)cc2)CC1. The smallest absolute Gasteiger partial charge is 0.317 e. The van der Waals surface area contributed by atoms with Gasteiger partial charge in [0, 0.05) is 26.7 Å². The summed E-state index contributed by atoms with van der Waals surface area (Å²) in [4.78, 5) is 13.7. The molecule has 0 aromatic heterocycles. The highest BCUT2D eigenvalue weighted by atomic mass is 19.1. The molecule has 1 fully saturated rings. The van der Waals surface area contributed by atoms with E-state index in [1.807, 2.05) is 0 Å². The molecule has 0 unspecified atom stereocenters. The van der Waals surface area contributed by atoms with Crippen LogP contribution >= 0.6 is 0 Å². The number of benzene rings is 1. The average molecular weight is 266 g/mol. The summed E-state index contributed by atoms with van der Waals surface area (Å²) in [6.07, 6.45) is 2.02. The van der Waals surface area contributed by atoms with Crippen molar-refractivity contribution in [3.63, 3.8) is 0 Å². The fraction of sp³-hybridized carbons (Fsp3) is 0.500. The summed E-state index contributed by atoms with van der Waals surface area (Å²) >= 11 is 0. The van der Waals surface area contributed by atoms with E-state index in [4.69, 9.17) is 4.74 Å². The lowest BCUT2D eigenvalue weighted by molar-refractivity contribution is 0.0503. The van der Waals surface area contributed by atoms with Gasteiger partial charge >= 0.3 is 6.03 Å². The van der Waals surface area contributed by atoms with E-state index >= 15 is 0 Å². The first-order valence-corrected chi connectivity index (χ1v) is 6.49. The van der Waals surface area contributed by atoms with E-state index in [-0.39, 0.29) is 18.0 Å². The average Bonchev–Trinajstić information content (AvgIpc) is 2.46. The van der Waals surface area contributed by atoms with Crippen molar-refractivity contribution in [1.82, 2.24) is 10.2 Å². The zero-order valence-electron chi connectivity index (χ0n) is 11.1. The number of methoxy groups -OCH3 is 1. The van der Waals surface area contributed by atoms with Crippen LogP contribution in [-0.2, 0) is 11.3 Å². The van der Waals surface area contributed by atoms with Gasteiger partial charge in [0.15, 0.2) is 0 Å². The van der Waals surface area contributed by atoms with Crippen LogP contribution in [0.2, 0.25) is 0 Å². The van der Waals surface area contributed by atoms with Gasteiger partial charge in [0.1, 0.15) is 5.82 Å². The van der Waals surface area contributed by atoms with Crippen molar-refractivity contribution in [2.75, 3.05) is 20.2 Å². The van der Waals surface area contributed by atoms with Crippen molar-refractivity contribution < 1.29 is 13.9 Å². The Labute approximate surface area is 112 Å². The Bertz CT molecular complexity index is 414. The van der Waals surface area contributed by atoms with Gasteiger partial charge in [-0.2, -0.15) is 0 Å². The third kappa shape index (κ3) is 3.92. The summed E-state index contributed by atoms with van der Waals surface area (Å²) < 4.78 is 18.0. The first-order chi connectivity index (χ1) is 9.19. The molecular formula is C14H19FN2O2. The molecule has 0 bridgehead atoms. The Morgan fingerprint density at radius 1 is 1.37 bits per heavy atom. The maximum Gasteiger partial charge on any atom is 0.317 e. The standard InChI is InChI=1S/C14H19FN2O2/c1-19-13-6-8-17(9-7-13)14(18)16-10-11-2-4-12(15)5-3-11/h2-5,13H,6-10H2,1H3,(H,16,18). The summed E-state index contributed by atoms with van der Waals surface area (Å²) in [5.41, 5.74) is 0.890. The molecule has 1 saturated heterocycles. The predicted molar refractivity (Wildman–Crippen MR) is 70.2 cm³/mol. The van der Waals surface area contributed by atoms with E-state index < -0.39 is 0 Å². The number of ether oxygens (including phenoxy) is 1. The molecule has 1 aliphatic heterocycles. The predicted octanol–water partition coefficient (Wildman–Crippen LogP) is 2.15. The Morgan fingerprint density at radius 2 is 2.00 bits per heavy atom. The summed E-state index contributed by atoms with van der Waals surface area (Å²) in [6, 6.07) is 6.07. The van der Waals surface area contributed by atoms with E-state index in [9.17, 15) is 9.18 Å². The van der Waals surface area contributed by atoms with Crippen LogP contribution in [0.15, 0.2) is 24.3 Å². The molecule has 0 radical (unpaired) electrons. The maximum absolute atomic E-state index is 12.7. The topological polar surface area (TPSA) is 41.6 Å². The van der Waals surface area contributed by atoms with Gasteiger partial charge in [0.2, 0.25) is 0 Å². The molecule has 5 heteroatoms. The Balaban J connectivity index is 1.77. The normalized spacial score (nSPS) is 16.4. The molecule has 0 aliphatic carbocycles. The number of carbonyl (C=O) groups is 1. The molecule has 2 amide bonds. The van der Waals surface area contributed by atoms with E-state index in [1.165, 1.54) is 12.1 Å². The molecule has 0 atom stereocenters. The zero-order chi connectivity index (χ0) is 13.7. The van der Waals surface area contributed by atoms with Gasteiger partial charge in [-0.3, -0.25) is 0 Å². The Morgan fingerprint density at radius 3 is 2.58 bits per heavy atom. The number of carbonyl (C=O) groups excluding carboxylic acids is 1. The van der Waals surface area contributed by atoms with Gasteiger partial charge in [-0.25, -0.2) is 9.18 Å². The second-order valence-corrected chi connectivity index (χ2v) is 4.71. The van der Waals surface area contributed by atoms with Crippen LogP contribution in [-0.4, -0.2) is 37.2 Å². The lowest BCUT2D eigenvalue weighted by Gasteiger charge is -2.31. The highest BCUT2D eigenvalue weighted by molar-refractivity contribution is 5.74. The zero-order valence-corrected chi connectivity index (χ0v) is 11.1. The van der Waals surface area contributed by atoms with Crippen LogP contribution < -0.4 is 5.32 Å². The number of hydrogen-bond acceptors (Lipinski definition) is 2. The molecule has 19 heavy (non-hydrogen) atoms. The fourth-order valence-corrected chi connectivity index (χ4v) is 2.19. The summed E-state index contributed by atoms with van der Waals surface area (Å²) in [5.74, 6) is -0.267. The molecule has 0 spiro atoms. The molecule has 1 aromatic carbocycles. The minimum absolute atomic E-state index is 0.0705. The molecule has 1 N–H and O–H groups in total. The summed E-state index contributed by atoms with van der Waals surface area (Å²) in [5, 5.41) is 2.84. The molecule has 2 rings (SSSR count). The van der Waals surface area contributed by atoms with E-state index in [2.05, 4.69) is 5.32 Å². The van der Waals surface area contributed by atoms with Crippen molar-refractivity contribution in [2.45, 2.75) is 25.5 Å². The molecule has 1 aromatic rings. The van der Waals surface area contributed by atoms with E-state index in [0.29, 0.717) is 19.6 Å². The quantitative estimate of drug-likeness (QED) is 0.910. The fourth-order valence-electron chi connectivity index (χ4n) is 2.19. The molecule has 104 valence electrons. The van der Waals surface area contributed by atoms with Gasteiger partial charge in [-0.05, 0) is 30.5 Å². The molecule has 4 nitrogen and oxygen atoms in total. The van der Waals surface area contributed by atoms with Crippen molar-refractivity contribution in [2.24, 2.45) is 0 Å². The van der Waals surface area contributed by atoms with Gasteiger partial charge in [0.25, 0.3) is 0 Å². The third-order valence-corrected chi connectivity index (χ3v) is 3.42. The first-order valence-electron chi connectivity index (χ1n) is 6.49. The van der Waals surface area contributed by atoms with Crippen LogP contribution in [0.25, 0.3) is 0 Å². The largest absolute Gasteiger partial charge is 0.381 e. The molecular weight excluding hydrogens is 247 g/mol. The lowest BCUT2D eigenvalue weighted by Crippen LogP contribution is -2.45.